The number of hydrogen-bond acceptors (Lipinski definition) is 5. The Bertz CT molecular complexity index is 915. The summed E-state index contributed by atoms with van der Waals surface area (Å²) in [6.07, 6.45) is 0.674. The molecule has 3 aromatic rings. The maximum Gasteiger partial charge on any atom is 0.234 e. The predicted molar refractivity (Wildman–Crippen MR) is 103 cm³/mol. The topological polar surface area (TPSA) is 80.0 Å². The van der Waals surface area contributed by atoms with Crippen molar-refractivity contribution in [3.05, 3.63) is 64.9 Å². The van der Waals surface area contributed by atoms with Crippen molar-refractivity contribution >= 4 is 35.0 Å². The Balaban J connectivity index is 1.59. The highest BCUT2D eigenvalue weighted by Crippen LogP contribution is 2.27. The largest absolute Gasteiger partial charge is 0.506 e. The van der Waals surface area contributed by atoms with Gasteiger partial charge in [0.25, 0.3) is 0 Å². The molecule has 0 atom stereocenters. The Kier molecular flexibility index (Phi) is 5.80. The smallest absolute Gasteiger partial charge is 0.234 e. The number of thioether (sulfide) groups is 1. The van der Waals surface area contributed by atoms with E-state index in [0.717, 1.165) is 11.4 Å². The molecule has 6 nitrogen and oxygen atoms in total. The van der Waals surface area contributed by atoms with Gasteiger partial charge in [0, 0.05) is 18.5 Å². The Morgan fingerprint density at radius 3 is 2.77 bits per heavy atom. The zero-order valence-electron chi connectivity index (χ0n) is 14.0. The van der Waals surface area contributed by atoms with Crippen LogP contribution in [-0.4, -0.2) is 31.5 Å². The van der Waals surface area contributed by atoms with Gasteiger partial charge in [-0.25, -0.2) is 0 Å². The van der Waals surface area contributed by atoms with Crippen molar-refractivity contribution in [3.63, 3.8) is 0 Å². The molecule has 0 bridgehead atoms. The number of nitrogens with zero attached hydrogens (tertiary/aromatic N) is 3. The zero-order chi connectivity index (χ0) is 18.5. The van der Waals surface area contributed by atoms with E-state index in [2.05, 4.69) is 15.5 Å². The van der Waals surface area contributed by atoms with Crippen LogP contribution < -0.4 is 5.32 Å². The molecule has 0 saturated carbocycles. The van der Waals surface area contributed by atoms with E-state index in [1.165, 1.54) is 23.9 Å². The molecule has 0 aliphatic heterocycles. The standard InChI is InChI=1S/C18H17ClN4O2S/c1-23-16(9-12-5-3-2-4-6-12)21-22-18(23)26-11-17(25)20-14-10-13(19)7-8-15(14)24/h2-8,10,24H,9,11H2,1H3,(H,20,25). The number of aromatic hydroxyl groups is 1. The molecule has 2 aromatic carbocycles. The molecule has 0 saturated heterocycles. The number of halogens is 1. The third-order valence-corrected chi connectivity index (χ3v) is 4.95. The Morgan fingerprint density at radius 2 is 2.00 bits per heavy atom. The van der Waals surface area contributed by atoms with Gasteiger partial charge in [-0.3, -0.25) is 4.79 Å². The van der Waals surface area contributed by atoms with Crippen LogP contribution in [0.2, 0.25) is 5.02 Å². The van der Waals surface area contributed by atoms with Crippen LogP contribution in [0.15, 0.2) is 53.7 Å². The molecule has 3 rings (SSSR count). The van der Waals surface area contributed by atoms with Crippen LogP contribution in [0.4, 0.5) is 5.69 Å². The number of phenols is 1. The lowest BCUT2D eigenvalue weighted by Crippen LogP contribution is -2.14. The van der Waals surface area contributed by atoms with Crippen molar-refractivity contribution in [2.75, 3.05) is 11.1 Å². The van der Waals surface area contributed by atoms with Crippen LogP contribution in [0, 0.1) is 0 Å². The molecule has 2 N–H and O–H groups in total. The summed E-state index contributed by atoms with van der Waals surface area (Å²) in [7, 11) is 1.88. The van der Waals surface area contributed by atoms with E-state index in [4.69, 9.17) is 11.6 Å². The molecule has 1 heterocycles. The second-order valence-electron chi connectivity index (χ2n) is 5.62. The van der Waals surface area contributed by atoms with Gasteiger partial charge < -0.3 is 15.0 Å². The quantitative estimate of drug-likeness (QED) is 0.499. The van der Waals surface area contributed by atoms with Gasteiger partial charge in [-0.1, -0.05) is 53.7 Å². The summed E-state index contributed by atoms with van der Waals surface area (Å²) in [6, 6.07) is 14.5. The van der Waals surface area contributed by atoms with E-state index in [0.29, 0.717) is 16.6 Å². The monoisotopic (exact) mass is 388 g/mol. The number of benzene rings is 2. The number of carbonyl (C=O) groups is 1. The summed E-state index contributed by atoms with van der Waals surface area (Å²) in [5.41, 5.74) is 1.43. The molecule has 0 spiro atoms. The molecular weight excluding hydrogens is 372 g/mol. The van der Waals surface area contributed by atoms with Crippen LogP contribution in [0.5, 0.6) is 5.75 Å². The van der Waals surface area contributed by atoms with Crippen LogP contribution in [0.25, 0.3) is 0 Å². The number of nitrogens with one attached hydrogen (secondary N) is 1. The Hall–Kier alpha value is -2.51. The number of hydrogen-bond donors (Lipinski definition) is 2. The summed E-state index contributed by atoms with van der Waals surface area (Å²) in [6.45, 7) is 0. The van der Waals surface area contributed by atoms with Crippen molar-refractivity contribution in [2.45, 2.75) is 11.6 Å². The maximum absolute atomic E-state index is 12.1. The van der Waals surface area contributed by atoms with E-state index in [-0.39, 0.29) is 23.1 Å². The summed E-state index contributed by atoms with van der Waals surface area (Å²) < 4.78 is 1.88. The summed E-state index contributed by atoms with van der Waals surface area (Å²) in [5.74, 6) is 0.673. The molecule has 0 radical (unpaired) electrons. The minimum absolute atomic E-state index is 0.0310. The molecule has 1 aromatic heterocycles. The lowest BCUT2D eigenvalue weighted by Gasteiger charge is -2.07. The van der Waals surface area contributed by atoms with E-state index >= 15 is 0 Å². The molecule has 0 aliphatic carbocycles. The first kappa shape index (κ1) is 18.3. The van der Waals surface area contributed by atoms with Crippen LogP contribution >= 0.6 is 23.4 Å². The molecule has 0 fully saturated rings. The summed E-state index contributed by atoms with van der Waals surface area (Å²) in [5, 5.41) is 21.8. The average molecular weight is 389 g/mol. The third-order valence-electron chi connectivity index (χ3n) is 3.70. The van der Waals surface area contributed by atoms with Gasteiger partial charge in [0.1, 0.15) is 11.6 Å². The van der Waals surface area contributed by atoms with E-state index in [1.807, 2.05) is 41.9 Å². The first-order valence-corrected chi connectivity index (χ1v) is 9.22. The summed E-state index contributed by atoms with van der Waals surface area (Å²) in [4.78, 5) is 12.1. The normalized spacial score (nSPS) is 10.7. The van der Waals surface area contributed by atoms with Gasteiger partial charge in [-0.15, -0.1) is 10.2 Å². The third kappa shape index (κ3) is 4.56. The number of carbonyl (C=O) groups excluding carboxylic acids is 1. The second kappa shape index (κ2) is 8.25. The van der Waals surface area contributed by atoms with Crippen molar-refractivity contribution in [1.29, 1.82) is 0 Å². The number of aromatic nitrogens is 3. The minimum atomic E-state index is -0.264. The predicted octanol–water partition coefficient (Wildman–Crippen LogP) is 3.50. The Morgan fingerprint density at radius 1 is 1.23 bits per heavy atom. The van der Waals surface area contributed by atoms with Crippen LogP contribution in [-0.2, 0) is 18.3 Å². The summed E-state index contributed by atoms with van der Waals surface area (Å²) >= 11 is 7.15. The van der Waals surface area contributed by atoms with E-state index in [1.54, 1.807) is 6.07 Å². The minimum Gasteiger partial charge on any atom is -0.506 e. The highest BCUT2D eigenvalue weighted by Gasteiger charge is 2.13. The van der Waals surface area contributed by atoms with Gasteiger partial charge in [0.15, 0.2) is 5.16 Å². The van der Waals surface area contributed by atoms with Gasteiger partial charge >= 0.3 is 0 Å². The molecule has 1 amide bonds. The van der Waals surface area contributed by atoms with Gasteiger partial charge in [-0.05, 0) is 23.8 Å². The van der Waals surface area contributed by atoms with Crippen LogP contribution in [0.1, 0.15) is 11.4 Å². The highest BCUT2D eigenvalue weighted by atomic mass is 35.5. The van der Waals surface area contributed by atoms with Crippen molar-refractivity contribution < 1.29 is 9.90 Å². The SMILES string of the molecule is Cn1c(Cc2ccccc2)nnc1SCC(=O)Nc1cc(Cl)ccc1O. The van der Waals surface area contributed by atoms with Gasteiger partial charge in [0.05, 0.1) is 11.4 Å². The first-order valence-electron chi connectivity index (χ1n) is 7.86. The molecule has 134 valence electrons. The maximum atomic E-state index is 12.1. The van der Waals surface area contributed by atoms with Crippen molar-refractivity contribution in [3.8, 4) is 5.75 Å². The number of phenolic OH excluding ortho intramolecular Hbond substituents is 1. The lowest BCUT2D eigenvalue weighted by atomic mass is 10.1. The van der Waals surface area contributed by atoms with E-state index in [9.17, 15) is 9.90 Å². The van der Waals surface area contributed by atoms with Crippen molar-refractivity contribution in [1.82, 2.24) is 14.8 Å². The van der Waals surface area contributed by atoms with Crippen LogP contribution in [0.3, 0.4) is 0 Å². The molecule has 0 unspecified atom stereocenters. The van der Waals surface area contributed by atoms with Crippen molar-refractivity contribution in [2.24, 2.45) is 7.05 Å². The first-order chi connectivity index (χ1) is 12.5. The lowest BCUT2D eigenvalue weighted by molar-refractivity contribution is -0.113. The molecule has 8 heteroatoms. The Labute approximate surface area is 160 Å². The number of amides is 1. The molecule has 0 aliphatic rings. The zero-order valence-corrected chi connectivity index (χ0v) is 15.6. The number of rotatable bonds is 6. The number of anilines is 1. The van der Waals surface area contributed by atoms with E-state index < -0.39 is 0 Å². The highest BCUT2D eigenvalue weighted by molar-refractivity contribution is 7.99. The second-order valence-corrected chi connectivity index (χ2v) is 7.00. The fraction of sp³-hybridized carbons (Fsp3) is 0.167. The fourth-order valence-corrected chi connectivity index (χ4v) is 3.23. The molecular formula is C18H17ClN4O2S. The fourth-order valence-electron chi connectivity index (χ4n) is 2.33. The molecule has 26 heavy (non-hydrogen) atoms. The van der Waals surface area contributed by atoms with Gasteiger partial charge in [-0.2, -0.15) is 0 Å². The average Bonchev–Trinajstić information content (AvgIpc) is 2.97. The van der Waals surface area contributed by atoms with Gasteiger partial charge in [0.2, 0.25) is 5.91 Å².